The first kappa shape index (κ1) is 13.1. The minimum Gasteiger partial charge on any atom is -0.481 e. The van der Waals surface area contributed by atoms with Crippen molar-refractivity contribution in [1.29, 1.82) is 0 Å². The molecule has 2 fully saturated rings. The van der Waals surface area contributed by atoms with E-state index in [1.807, 2.05) is 0 Å². The smallest absolute Gasteiger partial charge is 0.308 e. The average molecular weight is 328 g/mol. The lowest BCUT2D eigenvalue weighted by Crippen LogP contribution is -2.32. The van der Waals surface area contributed by atoms with Crippen molar-refractivity contribution in [2.24, 2.45) is 5.92 Å². The van der Waals surface area contributed by atoms with E-state index in [0.29, 0.717) is 17.1 Å². The first-order chi connectivity index (χ1) is 9.06. The van der Waals surface area contributed by atoms with Gasteiger partial charge in [0, 0.05) is 18.6 Å². The summed E-state index contributed by atoms with van der Waals surface area (Å²) in [7, 11) is 0. The molecule has 2 bridgehead atoms. The summed E-state index contributed by atoms with van der Waals surface area (Å²) < 4.78 is 13.7. The molecule has 5 heteroatoms. The van der Waals surface area contributed by atoms with Crippen LogP contribution in [0, 0.1) is 11.7 Å². The van der Waals surface area contributed by atoms with E-state index < -0.39 is 5.97 Å². The topological polar surface area (TPSA) is 40.5 Å². The highest BCUT2D eigenvalue weighted by atomic mass is 79.9. The minimum absolute atomic E-state index is 0.145. The molecule has 2 saturated heterocycles. The summed E-state index contributed by atoms with van der Waals surface area (Å²) in [6.45, 7) is 0.706. The summed E-state index contributed by atoms with van der Waals surface area (Å²) >= 11 is 3.19. The molecule has 2 aliphatic heterocycles. The number of rotatable bonds is 3. The van der Waals surface area contributed by atoms with Crippen molar-refractivity contribution >= 4 is 21.9 Å². The number of carbonyl (C=O) groups is 1. The number of aliphatic carboxylic acids is 1. The van der Waals surface area contributed by atoms with Crippen molar-refractivity contribution in [3.05, 3.63) is 34.1 Å². The van der Waals surface area contributed by atoms with E-state index >= 15 is 0 Å². The molecule has 2 aliphatic rings. The number of carboxylic acid groups (broad SMARTS) is 1. The van der Waals surface area contributed by atoms with Crippen LogP contribution in [-0.4, -0.2) is 28.1 Å². The molecule has 0 amide bonds. The maximum atomic E-state index is 13.2. The van der Waals surface area contributed by atoms with Crippen LogP contribution in [0.5, 0.6) is 0 Å². The molecule has 0 aromatic heterocycles. The number of hydrogen-bond donors (Lipinski definition) is 1. The van der Waals surface area contributed by atoms with Gasteiger partial charge in [0.1, 0.15) is 5.82 Å². The summed E-state index contributed by atoms with van der Waals surface area (Å²) in [5.74, 6) is -1.18. The number of hydrogen-bond acceptors (Lipinski definition) is 2. The lowest BCUT2D eigenvalue weighted by molar-refractivity contribution is -0.142. The molecule has 19 heavy (non-hydrogen) atoms. The first-order valence-electron chi connectivity index (χ1n) is 6.48. The third kappa shape index (κ3) is 2.30. The third-order valence-electron chi connectivity index (χ3n) is 4.35. The fourth-order valence-corrected chi connectivity index (χ4v) is 3.89. The molecule has 3 nitrogen and oxygen atoms in total. The van der Waals surface area contributed by atoms with Crippen LogP contribution in [-0.2, 0) is 11.3 Å². The molecular formula is C14H15BrFNO2. The molecule has 0 spiro atoms. The van der Waals surface area contributed by atoms with Gasteiger partial charge in [-0.2, -0.15) is 0 Å². The van der Waals surface area contributed by atoms with Gasteiger partial charge in [0.2, 0.25) is 0 Å². The van der Waals surface area contributed by atoms with Crippen LogP contribution >= 0.6 is 15.9 Å². The van der Waals surface area contributed by atoms with Crippen molar-refractivity contribution in [2.45, 2.75) is 37.9 Å². The second-order valence-corrected chi connectivity index (χ2v) is 6.25. The van der Waals surface area contributed by atoms with Gasteiger partial charge in [0.05, 0.1) is 10.4 Å². The van der Waals surface area contributed by atoms with Gasteiger partial charge in [-0.05, 0) is 52.9 Å². The maximum absolute atomic E-state index is 13.2. The van der Waals surface area contributed by atoms with Crippen molar-refractivity contribution < 1.29 is 14.3 Å². The zero-order valence-electron chi connectivity index (χ0n) is 10.4. The maximum Gasteiger partial charge on any atom is 0.308 e. The predicted octanol–water partition coefficient (Wildman–Crippen LogP) is 3.03. The Hall–Kier alpha value is -0.940. The number of fused-ring (bicyclic) bond motifs is 2. The van der Waals surface area contributed by atoms with Gasteiger partial charge < -0.3 is 5.11 Å². The normalized spacial score (nSPS) is 29.9. The van der Waals surface area contributed by atoms with Crippen LogP contribution in [0.3, 0.4) is 0 Å². The third-order valence-corrected chi connectivity index (χ3v) is 4.96. The Balaban J connectivity index is 1.77. The lowest BCUT2D eigenvalue weighted by atomic mass is 9.89. The van der Waals surface area contributed by atoms with Crippen LogP contribution in [0.1, 0.15) is 24.8 Å². The summed E-state index contributed by atoms with van der Waals surface area (Å²) in [5, 5.41) is 9.22. The summed E-state index contributed by atoms with van der Waals surface area (Å²) in [6.07, 6.45) is 2.79. The number of carboxylic acids is 1. The van der Waals surface area contributed by atoms with Crippen molar-refractivity contribution in [1.82, 2.24) is 4.90 Å². The Morgan fingerprint density at radius 2 is 2.26 bits per heavy atom. The summed E-state index contributed by atoms with van der Waals surface area (Å²) in [5.41, 5.74) is 1.02. The molecule has 3 rings (SSSR count). The molecular weight excluding hydrogens is 313 g/mol. The molecule has 3 atom stereocenters. The zero-order valence-corrected chi connectivity index (χ0v) is 11.9. The second kappa shape index (κ2) is 4.87. The van der Waals surface area contributed by atoms with Gasteiger partial charge in [-0.3, -0.25) is 9.69 Å². The minimum atomic E-state index is -0.683. The van der Waals surface area contributed by atoms with Gasteiger partial charge in [0.15, 0.2) is 0 Å². The Morgan fingerprint density at radius 3 is 2.89 bits per heavy atom. The molecule has 2 heterocycles. The molecule has 1 N–H and O–H groups in total. The fraction of sp³-hybridized carbons (Fsp3) is 0.500. The van der Waals surface area contributed by atoms with Crippen LogP contribution in [0.2, 0.25) is 0 Å². The van der Waals surface area contributed by atoms with E-state index in [4.69, 9.17) is 0 Å². The Bertz CT molecular complexity index is 522. The van der Waals surface area contributed by atoms with E-state index in [-0.39, 0.29) is 17.8 Å². The van der Waals surface area contributed by atoms with E-state index in [0.717, 1.165) is 24.8 Å². The molecule has 102 valence electrons. The highest BCUT2D eigenvalue weighted by Gasteiger charge is 2.48. The van der Waals surface area contributed by atoms with E-state index in [9.17, 15) is 14.3 Å². The van der Waals surface area contributed by atoms with Gasteiger partial charge in [0.25, 0.3) is 0 Å². The number of nitrogens with zero attached hydrogens (tertiary/aromatic N) is 1. The summed E-state index contributed by atoms with van der Waals surface area (Å²) in [4.78, 5) is 13.5. The lowest BCUT2D eigenvalue weighted by Gasteiger charge is -2.22. The molecule has 1 aromatic carbocycles. The molecule has 0 radical (unpaired) electrons. The predicted molar refractivity (Wildman–Crippen MR) is 72.2 cm³/mol. The fourth-order valence-electron chi connectivity index (χ4n) is 3.46. The zero-order chi connectivity index (χ0) is 13.6. The summed E-state index contributed by atoms with van der Waals surface area (Å²) in [6, 6.07) is 5.52. The van der Waals surface area contributed by atoms with E-state index in [2.05, 4.69) is 20.8 Å². The van der Waals surface area contributed by atoms with Crippen molar-refractivity contribution in [3.8, 4) is 0 Å². The molecule has 0 saturated carbocycles. The largest absolute Gasteiger partial charge is 0.481 e. The van der Waals surface area contributed by atoms with E-state index in [1.165, 1.54) is 6.07 Å². The van der Waals surface area contributed by atoms with Gasteiger partial charge >= 0.3 is 5.97 Å². The Morgan fingerprint density at radius 1 is 1.47 bits per heavy atom. The van der Waals surface area contributed by atoms with Gasteiger partial charge in [-0.15, -0.1) is 0 Å². The quantitative estimate of drug-likeness (QED) is 0.927. The van der Waals surface area contributed by atoms with E-state index in [1.54, 1.807) is 12.1 Å². The molecule has 1 aromatic rings. The van der Waals surface area contributed by atoms with Crippen LogP contribution in [0.25, 0.3) is 0 Å². The van der Waals surface area contributed by atoms with Crippen molar-refractivity contribution in [2.75, 3.05) is 0 Å². The van der Waals surface area contributed by atoms with Gasteiger partial charge in [-0.25, -0.2) is 4.39 Å². The SMILES string of the molecule is O=C(O)C1CC2CCC1N2Cc1ccc(F)c(Br)c1. The standard InChI is InChI=1S/C14H15BrFNO2/c15-11-5-8(1-3-12(11)16)7-17-9-2-4-13(17)10(6-9)14(18)19/h1,3,5,9-10,13H,2,4,6-7H2,(H,18,19). The highest BCUT2D eigenvalue weighted by Crippen LogP contribution is 2.42. The molecule has 0 aliphatic carbocycles. The highest BCUT2D eigenvalue weighted by molar-refractivity contribution is 9.10. The monoisotopic (exact) mass is 327 g/mol. The van der Waals surface area contributed by atoms with Crippen LogP contribution in [0.4, 0.5) is 4.39 Å². The van der Waals surface area contributed by atoms with Gasteiger partial charge in [-0.1, -0.05) is 6.07 Å². The average Bonchev–Trinajstić information content (AvgIpc) is 2.91. The Kier molecular flexibility index (Phi) is 3.35. The second-order valence-electron chi connectivity index (χ2n) is 5.40. The van der Waals surface area contributed by atoms with Crippen LogP contribution in [0.15, 0.2) is 22.7 Å². The molecule has 3 unspecified atom stereocenters. The number of benzene rings is 1. The first-order valence-corrected chi connectivity index (χ1v) is 7.28. The number of halogens is 2. The van der Waals surface area contributed by atoms with Crippen LogP contribution < -0.4 is 0 Å². The Labute approximate surface area is 119 Å². The van der Waals surface area contributed by atoms with Crippen molar-refractivity contribution in [3.63, 3.8) is 0 Å².